The number of hydrogen-bond donors (Lipinski definition) is 2. The first-order valence-corrected chi connectivity index (χ1v) is 5.47. The van der Waals surface area contributed by atoms with Crippen molar-refractivity contribution in [3.05, 3.63) is 0 Å². The normalized spacial score (nSPS) is 16.8. The maximum atomic E-state index is 9.93. The highest BCUT2D eigenvalue weighted by Gasteiger charge is 2.17. The summed E-state index contributed by atoms with van der Waals surface area (Å²) in [6, 6.07) is 0. The quantitative estimate of drug-likeness (QED) is 0.699. The lowest BCUT2D eigenvalue weighted by Crippen LogP contribution is -2.15. The Morgan fingerprint density at radius 2 is 1.80 bits per heavy atom. The van der Waals surface area contributed by atoms with E-state index in [1.54, 1.807) is 13.8 Å². The molecule has 0 unspecified atom stereocenters. The lowest BCUT2D eigenvalue weighted by Gasteiger charge is -2.11. The second-order valence-corrected chi connectivity index (χ2v) is 4.46. The summed E-state index contributed by atoms with van der Waals surface area (Å²) in [7, 11) is 0. The molecule has 0 aromatic heterocycles. The van der Waals surface area contributed by atoms with Crippen molar-refractivity contribution in [3.63, 3.8) is 0 Å². The fourth-order valence-electron chi connectivity index (χ4n) is 1.15. The molecule has 4 heteroatoms. The minimum atomic E-state index is -1.14. The number of rotatable bonds is 2. The van der Waals surface area contributed by atoms with Crippen LogP contribution < -0.4 is 0 Å². The van der Waals surface area contributed by atoms with Crippen LogP contribution in [-0.2, 0) is 4.74 Å². The maximum absolute atomic E-state index is 9.93. The van der Waals surface area contributed by atoms with Gasteiger partial charge < -0.3 is 14.9 Å². The Morgan fingerprint density at radius 3 is 2.07 bits per heavy atom. The van der Waals surface area contributed by atoms with Crippen molar-refractivity contribution in [3.8, 4) is 0 Å². The van der Waals surface area contributed by atoms with Crippen LogP contribution in [0.2, 0.25) is 0 Å². The average Bonchev–Trinajstić information content (AvgIpc) is 2.55. The summed E-state index contributed by atoms with van der Waals surface area (Å²) in [5.74, 6) is 0. The van der Waals surface area contributed by atoms with E-state index in [2.05, 4.69) is 4.74 Å². The molecule has 0 amide bonds. The zero-order valence-electron chi connectivity index (χ0n) is 9.82. The zero-order chi connectivity index (χ0) is 11.9. The standard InChI is InChI=1S/C6H10O3.C5H12O/c7-6(8)9-5-3-1-2-4-5;1-4-5(2,3)6/h5H,1-4H2,(H,7,8);6H,4H2,1-3H3. The summed E-state index contributed by atoms with van der Waals surface area (Å²) in [6.07, 6.45) is 3.71. The van der Waals surface area contributed by atoms with Crippen molar-refractivity contribution in [2.24, 2.45) is 0 Å². The zero-order valence-corrected chi connectivity index (χ0v) is 9.82. The Hall–Kier alpha value is -0.770. The molecule has 0 bridgehead atoms. The minimum Gasteiger partial charge on any atom is -0.450 e. The highest BCUT2D eigenvalue weighted by atomic mass is 16.7. The molecule has 1 rings (SSSR count). The summed E-state index contributed by atoms with van der Waals surface area (Å²) >= 11 is 0. The maximum Gasteiger partial charge on any atom is 0.506 e. The van der Waals surface area contributed by atoms with Gasteiger partial charge in [0.2, 0.25) is 0 Å². The highest BCUT2D eigenvalue weighted by molar-refractivity contribution is 5.57. The third-order valence-electron chi connectivity index (χ3n) is 2.43. The molecule has 0 spiro atoms. The van der Waals surface area contributed by atoms with E-state index >= 15 is 0 Å². The van der Waals surface area contributed by atoms with Crippen LogP contribution in [0.3, 0.4) is 0 Å². The van der Waals surface area contributed by atoms with E-state index in [4.69, 9.17) is 10.2 Å². The molecule has 4 nitrogen and oxygen atoms in total. The van der Waals surface area contributed by atoms with Crippen molar-refractivity contribution in [1.82, 2.24) is 0 Å². The van der Waals surface area contributed by atoms with Gasteiger partial charge in [-0.25, -0.2) is 4.79 Å². The third kappa shape index (κ3) is 9.53. The first-order valence-electron chi connectivity index (χ1n) is 5.47. The molecule has 1 saturated carbocycles. The Bertz CT molecular complexity index is 178. The molecule has 0 aromatic carbocycles. The van der Waals surface area contributed by atoms with Gasteiger partial charge in [0.15, 0.2) is 0 Å². The van der Waals surface area contributed by atoms with Gasteiger partial charge >= 0.3 is 6.16 Å². The third-order valence-corrected chi connectivity index (χ3v) is 2.43. The first kappa shape index (κ1) is 14.2. The molecule has 1 fully saturated rings. The summed E-state index contributed by atoms with van der Waals surface area (Å²) in [5, 5.41) is 17.0. The number of carboxylic acid groups (broad SMARTS) is 1. The fourth-order valence-corrected chi connectivity index (χ4v) is 1.15. The summed E-state index contributed by atoms with van der Waals surface area (Å²) < 4.78 is 4.53. The molecule has 0 aromatic rings. The molecule has 0 heterocycles. The van der Waals surface area contributed by atoms with Crippen molar-refractivity contribution >= 4 is 6.16 Å². The molecule has 0 atom stereocenters. The summed E-state index contributed by atoms with van der Waals surface area (Å²) in [5.41, 5.74) is -0.458. The van der Waals surface area contributed by atoms with Crippen LogP contribution in [0.25, 0.3) is 0 Å². The van der Waals surface area contributed by atoms with Crippen molar-refractivity contribution < 1.29 is 19.7 Å². The number of ether oxygens (including phenoxy) is 1. The Labute approximate surface area is 91.3 Å². The van der Waals surface area contributed by atoms with Gasteiger partial charge in [-0.15, -0.1) is 0 Å². The lowest BCUT2D eigenvalue weighted by atomic mass is 10.1. The van der Waals surface area contributed by atoms with Crippen LogP contribution in [0.4, 0.5) is 4.79 Å². The van der Waals surface area contributed by atoms with Crippen LogP contribution in [0.5, 0.6) is 0 Å². The Kier molecular flexibility index (Phi) is 6.32. The number of hydrogen-bond acceptors (Lipinski definition) is 3. The SMILES string of the molecule is CCC(C)(C)O.O=C(O)OC1CCCC1. The van der Waals surface area contributed by atoms with Gasteiger partial charge in [-0.05, 0) is 46.0 Å². The van der Waals surface area contributed by atoms with Crippen LogP contribution in [0.1, 0.15) is 52.9 Å². The predicted molar refractivity (Wildman–Crippen MR) is 58.0 cm³/mol. The van der Waals surface area contributed by atoms with E-state index in [9.17, 15) is 4.79 Å². The van der Waals surface area contributed by atoms with Gasteiger partial charge in [0, 0.05) is 0 Å². The van der Waals surface area contributed by atoms with Gasteiger partial charge in [-0.3, -0.25) is 0 Å². The van der Waals surface area contributed by atoms with Crippen molar-refractivity contribution in [1.29, 1.82) is 0 Å². The molecule has 15 heavy (non-hydrogen) atoms. The monoisotopic (exact) mass is 218 g/mol. The van der Waals surface area contributed by atoms with Gasteiger partial charge in [0.25, 0.3) is 0 Å². The minimum absolute atomic E-state index is 0.0116. The van der Waals surface area contributed by atoms with E-state index in [-0.39, 0.29) is 6.10 Å². The molecule has 2 N–H and O–H groups in total. The topological polar surface area (TPSA) is 66.8 Å². The molecular formula is C11H22O4. The van der Waals surface area contributed by atoms with E-state index in [1.807, 2.05) is 6.92 Å². The van der Waals surface area contributed by atoms with Crippen LogP contribution in [0, 0.1) is 0 Å². The van der Waals surface area contributed by atoms with Crippen LogP contribution in [-0.4, -0.2) is 28.1 Å². The molecule has 0 saturated heterocycles. The van der Waals surface area contributed by atoms with Gasteiger partial charge in [-0.2, -0.15) is 0 Å². The first-order chi connectivity index (χ1) is 6.85. The highest BCUT2D eigenvalue weighted by Crippen LogP contribution is 2.20. The summed E-state index contributed by atoms with van der Waals surface area (Å²) in [6.45, 7) is 5.56. The van der Waals surface area contributed by atoms with Crippen molar-refractivity contribution in [2.45, 2.75) is 64.6 Å². The molecule has 0 radical (unpaired) electrons. The van der Waals surface area contributed by atoms with E-state index in [1.165, 1.54) is 0 Å². The molecular weight excluding hydrogens is 196 g/mol. The second-order valence-electron chi connectivity index (χ2n) is 4.46. The number of carbonyl (C=O) groups is 1. The predicted octanol–water partition coefficient (Wildman–Crippen LogP) is 2.79. The van der Waals surface area contributed by atoms with Gasteiger partial charge in [0.05, 0.1) is 5.60 Å². The summed E-state index contributed by atoms with van der Waals surface area (Å²) in [4.78, 5) is 9.93. The average molecular weight is 218 g/mol. The van der Waals surface area contributed by atoms with E-state index in [0.29, 0.717) is 0 Å². The smallest absolute Gasteiger partial charge is 0.450 e. The van der Waals surface area contributed by atoms with Crippen LogP contribution >= 0.6 is 0 Å². The van der Waals surface area contributed by atoms with Crippen LogP contribution in [0.15, 0.2) is 0 Å². The fraction of sp³-hybridized carbons (Fsp3) is 0.909. The lowest BCUT2D eigenvalue weighted by molar-refractivity contribution is 0.0546. The Morgan fingerprint density at radius 1 is 1.40 bits per heavy atom. The Balaban J connectivity index is 0.000000288. The van der Waals surface area contributed by atoms with Gasteiger partial charge in [0.1, 0.15) is 6.10 Å². The number of aliphatic hydroxyl groups is 1. The molecule has 0 aliphatic heterocycles. The largest absolute Gasteiger partial charge is 0.506 e. The second kappa shape index (κ2) is 6.67. The van der Waals surface area contributed by atoms with E-state index < -0.39 is 11.8 Å². The van der Waals surface area contributed by atoms with Crippen molar-refractivity contribution in [2.75, 3.05) is 0 Å². The molecule has 1 aliphatic rings. The van der Waals surface area contributed by atoms with Gasteiger partial charge in [-0.1, -0.05) is 6.92 Å². The van der Waals surface area contributed by atoms with E-state index in [0.717, 1.165) is 32.1 Å². The molecule has 90 valence electrons. The molecule has 1 aliphatic carbocycles.